The average molecular weight is 332 g/mol. The monoisotopic (exact) mass is 331 g/mol. The van der Waals surface area contributed by atoms with Crippen molar-refractivity contribution in [3.8, 4) is 0 Å². The molecule has 0 spiro atoms. The molecule has 4 heteroatoms. The van der Waals surface area contributed by atoms with E-state index >= 15 is 0 Å². The highest BCUT2D eigenvalue weighted by atomic mass is 79.9. The van der Waals surface area contributed by atoms with E-state index in [2.05, 4.69) is 28.1 Å². The van der Waals surface area contributed by atoms with Crippen molar-refractivity contribution >= 4 is 33.4 Å². The molecule has 2 amide bonds. The van der Waals surface area contributed by atoms with Crippen molar-refractivity contribution in [1.82, 2.24) is 0 Å². The second-order valence-electron chi connectivity index (χ2n) is 5.83. The van der Waals surface area contributed by atoms with Gasteiger partial charge in [-0.15, -0.1) is 0 Å². The first-order valence-electron chi connectivity index (χ1n) is 6.98. The lowest BCUT2D eigenvalue weighted by Gasteiger charge is -2.38. The van der Waals surface area contributed by atoms with Gasteiger partial charge in [0.15, 0.2) is 0 Å². The number of nitrogens with zero attached hydrogens (tertiary/aromatic N) is 1. The van der Waals surface area contributed by atoms with Crippen LogP contribution in [0.5, 0.6) is 0 Å². The van der Waals surface area contributed by atoms with Gasteiger partial charge in [-0.1, -0.05) is 28.1 Å². The Hall–Kier alpha value is -1.42. The summed E-state index contributed by atoms with van der Waals surface area (Å²) >= 11 is 3.38. The number of carbonyl (C=O) groups is 2. The molecule has 2 bridgehead atoms. The van der Waals surface area contributed by atoms with E-state index in [9.17, 15) is 9.59 Å². The number of carbonyl (C=O) groups excluding carboxylic acids is 2. The minimum atomic E-state index is -0.130. The molecule has 1 heterocycles. The Morgan fingerprint density at radius 1 is 0.900 bits per heavy atom. The molecule has 1 saturated heterocycles. The van der Waals surface area contributed by atoms with E-state index < -0.39 is 0 Å². The number of allylic oxidation sites excluding steroid dienone is 2. The maximum Gasteiger partial charge on any atom is 0.238 e. The molecule has 102 valence electrons. The number of amides is 2. The van der Waals surface area contributed by atoms with Gasteiger partial charge in [0.25, 0.3) is 0 Å². The Kier molecular flexibility index (Phi) is 2.64. The van der Waals surface area contributed by atoms with Gasteiger partial charge in [0.05, 0.1) is 17.5 Å². The van der Waals surface area contributed by atoms with Crippen LogP contribution in [0.3, 0.4) is 0 Å². The van der Waals surface area contributed by atoms with Crippen molar-refractivity contribution in [3.05, 3.63) is 40.9 Å². The third kappa shape index (κ3) is 1.57. The van der Waals surface area contributed by atoms with Gasteiger partial charge in [-0.2, -0.15) is 0 Å². The summed E-state index contributed by atoms with van der Waals surface area (Å²) in [6.45, 7) is 0. The highest BCUT2D eigenvalue weighted by Crippen LogP contribution is 2.50. The SMILES string of the molecule is O=C1[C@H]2[C@H](C(=O)N1c1ccc(Br)cc1)[C@@H]1C=C[C@@H]2CC1. The van der Waals surface area contributed by atoms with Gasteiger partial charge in [0.1, 0.15) is 0 Å². The second kappa shape index (κ2) is 4.29. The Balaban J connectivity index is 1.75. The summed E-state index contributed by atoms with van der Waals surface area (Å²) in [6, 6.07) is 7.38. The van der Waals surface area contributed by atoms with Gasteiger partial charge in [-0.05, 0) is 48.9 Å². The van der Waals surface area contributed by atoms with Crippen molar-refractivity contribution in [2.75, 3.05) is 4.90 Å². The fourth-order valence-electron chi connectivity index (χ4n) is 3.92. The van der Waals surface area contributed by atoms with E-state index in [1.807, 2.05) is 24.3 Å². The normalized spacial score (nSPS) is 34.8. The molecule has 0 unspecified atom stereocenters. The molecule has 3 nitrogen and oxygen atoms in total. The molecule has 5 rings (SSSR count). The zero-order valence-electron chi connectivity index (χ0n) is 10.8. The van der Waals surface area contributed by atoms with E-state index in [-0.39, 0.29) is 35.5 Å². The van der Waals surface area contributed by atoms with Crippen LogP contribution in [0, 0.1) is 23.7 Å². The lowest BCUT2D eigenvalue weighted by atomic mass is 9.63. The maximum atomic E-state index is 12.7. The number of halogens is 1. The fourth-order valence-corrected chi connectivity index (χ4v) is 4.18. The summed E-state index contributed by atoms with van der Waals surface area (Å²) in [5, 5.41) is 0. The van der Waals surface area contributed by atoms with Gasteiger partial charge >= 0.3 is 0 Å². The van der Waals surface area contributed by atoms with Crippen molar-refractivity contribution < 1.29 is 9.59 Å². The standard InChI is InChI=1S/C16H14BrNO2/c17-11-5-7-12(8-6-11)18-15(19)13-9-1-2-10(4-3-9)14(13)16(18)20/h1-2,5-10,13-14H,3-4H2/t9-,10-,13-,14-/m1/s1. The molecule has 1 aromatic rings. The van der Waals surface area contributed by atoms with Crippen LogP contribution in [-0.2, 0) is 9.59 Å². The third-order valence-electron chi connectivity index (χ3n) is 4.84. The molecular weight excluding hydrogens is 318 g/mol. The summed E-state index contributed by atoms with van der Waals surface area (Å²) in [6.07, 6.45) is 6.36. The second-order valence-corrected chi connectivity index (χ2v) is 6.75. The van der Waals surface area contributed by atoms with Crippen LogP contribution in [0.2, 0.25) is 0 Å². The number of benzene rings is 1. The number of rotatable bonds is 1. The lowest BCUT2D eigenvalue weighted by Crippen LogP contribution is -2.38. The summed E-state index contributed by atoms with van der Waals surface area (Å²) in [4.78, 5) is 26.8. The van der Waals surface area contributed by atoms with Gasteiger partial charge in [-0.25, -0.2) is 0 Å². The predicted molar refractivity (Wildman–Crippen MR) is 79.0 cm³/mol. The zero-order chi connectivity index (χ0) is 13.9. The molecular formula is C16H14BrNO2. The van der Waals surface area contributed by atoms with E-state index in [1.165, 1.54) is 4.90 Å². The molecule has 4 aliphatic rings. The van der Waals surface area contributed by atoms with E-state index in [0.717, 1.165) is 17.3 Å². The van der Waals surface area contributed by atoms with Crippen LogP contribution < -0.4 is 4.90 Å². The Bertz CT molecular complexity index is 590. The van der Waals surface area contributed by atoms with Crippen molar-refractivity contribution in [2.45, 2.75) is 12.8 Å². The van der Waals surface area contributed by atoms with Crippen molar-refractivity contribution in [1.29, 1.82) is 0 Å². The van der Waals surface area contributed by atoms with Crippen LogP contribution >= 0.6 is 15.9 Å². The number of imide groups is 1. The molecule has 1 aromatic carbocycles. The molecule has 0 radical (unpaired) electrons. The summed E-state index contributed by atoms with van der Waals surface area (Å²) in [7, 11) is 0. The molecule has 3 aliphatic carbocycles. The van der Waals surface area contributed by atoms with Gasteiger partial charge in [0.2, 0.25) is 11.8 Å². The first-order chi connectivity index (χ1) is 9.66. The van der Waals surface area contributed by atoms with E-state index in [1.54, 1.807) is 0 Å². The highest BCUT2D eigenvalue weighted by Gasteiger charge is 2.56. The van der Waals surface area contributed by atoms with E-state index in [4.69, 9.17) is 0 Å². The largest absolute Gasteiger partial charge is 0.274 e. The fraction of sp³-hybridized carbons (Fsp3) is 0.375. The quantitative estimate of drug-likeness (QED) is 0.585. The molecule has 2 fully saturated rings. The Labute approximate surface area is 125 Å². The maximum absolute atomic E-state index is 12.7. The minimum Gasteiger partial charge on any atom is -0.274 e. The molecule has 0 aromatic heterocycles. The van der Waals surface area contributed by atoms with Crippen LogP contribution in [0.4, 0.5) is 5.69 Å². The molecule has 4 atom stereocenters. The van der Waals surface area contributed by atoms with Crippen LogP contribution in [0.25, 0.3) is 0 Å². The summed E-state index contributed by atoms with van der Waals surface area (Å²) < 4.78 is 0.944. The van der Waals surface area contributed by atoms with E-state index in [0.29, 0.717) is 5.69 Å². The van der Waals surface area contributed by atoms with Crippen LogP contribution in [0.1, 0.15) is 12.8 Å². The molecule has 1 aliphatic heterocycles. The first kappa shape index (κ1) is 12.3. The van der Waals surface area contributed by atoms with Crippen LogP contribution in [0.15, 0.2) is 40.9 Å². The Morgan fingerprint density at radius 3 is 1.85 bits per heavy atom. The molecule has 1 saturated carbocycles. The number of anilines is 1. The van der Waals surface area contributed by atoms with Crippen LogP contribution in [-0.4, -0.2) is 11.8 Å². The van der Waals surface area contributed by atoms with Crippen molar-refractivity contribution in [3.63, 3.8) is 0 Å². The predicted octanol–water partition coefficient (Wildman–Crippen LogP) is 3.15. The number of hydrogen-bond acceptors (Lipinski definition) is 2. The lowest BCUT2D eigenvalue weighted by molar-refractivity contribution is -0.124. The summed E-state index contributed by atoms with van der Waals surface area (Å²) in [5.74, 6) is 0.219. The molecule has 20 heavy (non-hydrogen) atoms. The minimum absolute atomic E-state index is 0.0126. The highest BCUT2D eigenvalue weighted by molar-refractivity contribution is 9.10. The van der Waals surface area contributed by atoms with Gasteiger partial charge in [0, 0.05) is 4.47 Å². The van der Waals surface area contributed by atoms with Gasteiger partial charge < -0.3 is 0 Å². The van der Waals surface area contributed by atoms with Crippen molar-refractivity contribution in [2.24, 2.45) is 23.7 Å². The third-order valence-corrected chi connectivity index (χ3v) is 5.37. The first-order valence-corrected chi connectivity index (χ1v) is 7.78. The smallest absolute Gasteiger partial charge is 0.238 e. The zero-order valence-corrected chi connectivity index (χ0v) is 12.4. The number of fused-ring (bicyclic) bond motifs is 1. The summed E-state index contributed by atoms with van der Waals surface area (Å²) in [5.41, 5.74) is 0.692. The average Bonchev–Trinajstić information content (AvgIpc) is 2.76. The van der Waals surface area contributed by atoms with Gasteiger partial charge in [-0.3, -0.25) is 14.5 Å². The Morgan fingerprint density at radius 2 is 1.40 bits per heavy atom. The molecule has 0 N–H and O–H groups in total. The number of hydrogen-bond donors (Lipinski definition) is 0. The topological polar surface area (TPSA) is 37.4 Å².